The van der Waals surface area contributed by atoms with Crippen molar-refractivity contribution in [2.24, 2.45) is 0 Å². The zero-order valence-corrected chi connectivity index (χ0v) is 11.7. The quantitative estimate of drug-likeness (QED) is 0.869. The summed E-state index contributed by atoms with van der Waals surface area (Å²) in [6, 6.07) is 10.0. The van der Waals surface area contributed by atoms with Crippen LogP contribution in [-0.2, 0) is 16.8 Å². The van der Waals surface area contributed by atoms with Crippen LogP contribution < -0.4 is 0 Å². The van der Waals surface area contributed by atoms with Crippen LogP contribution in [0, 0.1) is 0 Å². The molecule has 0 radical (unpaired) electrons. The van der Waals surface area contributed by atoms with Crippen LogP contribution in [0.5, 0.6) is 0 Å². The fourth-order valence-corrected chi connectivity index (χ4v) is 2.17. The Morgan fingerprint density at radius 2 is 2.00 bits per heavy atom. The van der Waals surface area contributed by atoms with Gasteiger partial charge in [-0.1, -0.05) is 30.3 Å². The molecule has 0 saturated heterocycles. The van der Waals surface area contributed by atoms with Crippen molar-refractivity contribution in [3.8, 4) is 0 Å². The summed E-state index contributed by atoms with van der Waals surface area (Å²) < 4.78 is 1.69. The monoisotopic (exact) mass is 274 g/mol. The minimum Gasteiger partial charge on any atom is -0.481 e. The Balaban J connectivity index is 2.20. The molecule has 0 aliphatic carbocycles. The lowest BCUT2D eigenvalue weighted by Crippen LogP contribution is -2.25. The van der Waals surface area contributed by atoms with Gasteiger partial charge in [-0.15, -0.1) is 5.10 Å². The Bertz CT molecular complexity index is 578. The number of hydrogen-bond donors (Lipinski definition) is 1. The average Bonchev–Trinajstić information content (AvgIpc) is 2.88. The fraction of sp³-hybridized carbons (Fsp3) is 0.429. The molecular formula is C14H18N4O2. The Kier molecular flexibility index (Phi) is 4.12. The van der Waals surface area contributed by atoms with E-state index >= 15 is 0 Å². The number of tetrazole rings is 1. The second-order valence-corrected chi connectivity index (χ2v) is 5.21. The lowest BCUT2D eigenvalue weighted by molar-refractivity contribution is -0.137. The van der Waals surface area contributed by atoms with Gasteiger partial charge in [-0.3, -0.25) is 4.79 Å². The second kappa shape index (κ2) is 5.81. The average molecular weight is 274 g/mol. The SMILES string of the molecule is CC(C)(c1ccccc1)c1nnnn1CCCC(=O)O. The molecule has 1 aromatic carbocycles. The fourth-order valence-electron chi connectivity index (χ4n) is 2.17. The van der Waals surface area contributed by atoms with Crippen molar-refractivity contribution in [2.75, 3.05) is 0 Å². The zero-order valence-electron chi connectivity index (χ0n) is 11.7. The third-order valence-electron chi connectivity index (χ3n) is 3.35. The van der Waals surface area contributed by atoms with Crippen molar-refractivity contribution in [3.05, 3.63) is 41.7 Å². The lowest BCUT2D eigenvalue weighted by Gasteiger charge is -2.23. The van der Waals surface area contributed by atoms with Crippen LogP contribution in [0.4, 0.5) is 0 Å². The number of benzene rings is 1. The first-order valence-electron chi connectivity index (χ1n) is 6.56. The first kappa shape index (κ1) is 14.2. The zero-order chi connectivity index (χ0) is 14.6. The molecule has 0 unspecified atom stereocenters. The molecule has 1 N–H and O–H groups in total. The Morgan fingerprint density at radius 3 is 2.65 bits per heavy atom. The van der Waals surface area contributed by atoms with E-state index in [1.165, 1.54) is 0 Å². The topological polar surface area (TPSA) is 80.9 Å². The molecule has 0 atom stereocenters. The Morgan fingerprint density at radius 1 is 1.30 bits per heavy atom. The molecule has 1 aromatic heterocycles. The van der Waals surface area contributed by atoms with E-state index in [2.05, 4.69) is 29.4 Å². The van der Waals surface area contributed by atoms with Crippen LogP contribution in [0.15, 0.2) is 30.3 Å². The van der Waals surface area contributed by atoms with Gasteiger partial charge in [0.15, 0.2) is 5.82 Å². The molecule has 2 rings (SSSR count). The first-order chi connectivity index (χ1) is 9.51. The van der Waals surface area contributed by atoms with Gasteiger partial charge in [0.25, 0.3) is 0 Å². The van der Waals surface area contributed by atoms with Gasteiger partial charge in [0.05, 0.1) is 5.41 Å². The van der Waals surface area contributed by atoms with Crippen LogP contribution in [0.2, 0.25) is 0 Å². The van der Waals surface area contributed by atoms with Gasteiger partial charge in [0.1, 0.15) is 0 Å². The molecule has 0 aliphatic rings. The standard InChI is InChI=1S/C14H18N4O2/c1-14(2,11-7-4-3-5-8-11)13-15-16-17-18(13)10-6-9-12(19)20/h3-5,7-8H,6,9-10H2,1-2H3,(H,19,20). The minimum atomic E-state index is -0.804. The van der Waals surface area contributed by atoms with Gasteiger partial charge in [0.2, 0.25) is 0 Å². The number of carboxylic acid groups (broad SMARTS) is 1. The highest BCUT2D eigenvalue weighted by molar-refractivity contribution is 5.66. The van der Waals surface area contributed by atoms with Crippen LogP contribution in [-0.4, -0.2) is 31.3 Å². The predicted molar refractivity (Wildman–Crippen MR) is 73.3 cm³/mol. The van der Waals surface area contributed by atoms with Crippen LogP contribution in [0.25, 0.3) is 0 Å². The van der Waals surface area contributed by atoms with Crippen molar-refractivity contribution in [2.45, 2.75) is 38.6 Å². The highest BCUT2D eigenvalue weighted by Gasteiger charge is 2.29. The van der Waals surface area contributed by atoms with Gasteiger partial charge in [0, 0.05) is 13.0 Å². The molecule has 20 heavy (non-hydrogen) atoms. The summed E-state index contributed by atoms with van der Waals surface area (Å²) in [5.74, 6) is -0.0592. The summed E-state index contributed by atoms with van der Waals surface area (Å²) in [6.07, 6.45) is 0.628. The van der Waals surface area contributed by atoms with Gasteiger partial charge < -0.3 is 5.11 Å². The molecule has 0 saturated carbocycles. The molecule has 0 bridgehead atoms. The smallest absolute Gasteiger partial charge is 0.303 e. The Labute approximate surface area is 117 Å². The van der Waals surface area contributed by atoms with Crippen LogP contribution >= 0.6 is 0 Å². The van der Waals surface area contributed by atoms with E-state index in [9.17, 15) is 4.79 Å². The maximum Gasteiger partial charge on any atom is 0.303 e. The van der Waals surface area contributed by atoms with E-state index in [4.69, 9.17) is 5.11 Å². The van der Waals surface area contributed by atoms with Crippen LogP contribution in [0.3, 0.4) is 0 Å². The molecule has 1 heterocycles. The highest BCUT2D eigenvalue weighted by Crippen LogP contribution is 2.29. The molecule has 6 nitrogen and oxygen atoms in total. The lowest BCUT2D eigenvalue weighted by atomic mass is 9.84. The summed E-state index contributed by atoms with van der Waals surface area (Å²) in [5.41, 5.74) is 0.794. The second-order valence-electron chi connectivity index (χ2n) is 5.21. The molecule has 0 amide bonds. The van der Waals surface area contributed by atoms with Crippen molar-refractivity contribution >= 4 is 5.97 Å². The molecule has 0 aliphatic heterocycles. The number of aliphatic carboxylic acids is 1. The number of carbonyl (C=O) groups is 1. The van der Waals surface area contributed by atoms with E-state index in [1.807, 2.05) is 30.3 Å². The number of aryl methyl sites for hydroxylation is 1. The summed E-state index contributed by atoms with van der Waals surface area (Å²) in [7, 11) is 0. The van der Waals surface area contributed by atoms with E-state index in [-0.39, 0.29) is 11.8 Å². The molecule has 0 spiro atoms. The van der Waals surface area contributed by atoms with Crippen molar-refractivity contribution in [1.29, 1.82) is 0 Å². The summed E-state index contributed by atoms with van der Waals surface area (Å²) in [6.45, 7) is 4.62. The van der Waals surface area contributed by atoms with E-state index in [1.54, 1.807) is 4.68 Å². The summed E-state index contributed by atoms with van der Waals surface area (Å²) in [5, 5.41) is 20.5. The molecule has 106 valence electrons. The number of nitrogens with zero attached hydrogens (tertiary/aromatic N) is 4. The molecule has 2 aromatic rings. The maximum atomic E-state index is 10.6. The minimum absolute atomic E-state index is 0.116. The van der Waals surface area contributed by atoms with Gasteiger partial charge in [-0.25, -0.2) is 4.68 Å². The van der Waals surface area contributed by atoms with E-state index in [0.29, 0.717) is 13.0 Å². The number of aromatic nitrogens is 4. The Hall–Kier alpha value is -2.24. The predicted octanol–water partition coefficient (Wildman–Crippen LogP) is 1.86. The van der Waals surface area contributed by atoms with E-state index < -0.39 is 5.97 Å². The van der Waals surface area contributed by atoms with Crippen molar-refractivity contribution in [1.82, 2.24) is 20.2 Å². The number of rotatable bonds is 6. The summed E-state index contributed by atoms with van der Waals surface area (Å²) >= 11 is 0. The van der Waals surface area contributed by atoms with Gasteiger partial charge in [-0.2, -0.15) is 0 Å². The number of hydrogen-bond acceptors (Lipinski definition) is 4. The van der Waals surface area contributed by atoms with Gasteiger partial charge >= 0.3 is 5.97 Å². The normalized spacial score (nSPS) is 11.5. The first-order valence-corrected chi connectivity index (χ1v) is 6.56. The highest BCUT2D eigenvalue weighted by atomic mass is 16.4. The third-order valence-corrected chi connectivity index (χ3v) is 3.35. The van der Waals surface area contributed by atoms with Crippen molar-refractivity contribution < 1.29 is 9.90 Å². The molecule has 0 fully saturated rings. The molecule has 6 heteroatoms. The molecular weight excluding hydrogens is 256 g/mol. The van der Waals surface area contributed by atoms with Crippen molar-refractivity contribution in [3.63, 3.8) is 0 Å². The largest absolute Gasteiger partial charge is 0.481 e. The van der Waals surface area contributed by atoms with Crippen LogP contribution in [0.1, 0.15) is 38.1 Å². The number of carboxylic acids is 1. The summed E-state index contributed by atoms with van der Waals surface area (Å²) in [4.78, 5) is 10.6. The third kappa shape index (κ3) is 3.01. The maximum absolute atomic E-state index is 10.6. The van der Waals surface area contributed by atoms with E-state index in [0.717, 1.165) is 11.4 Å². The van der Waals surface area contributed by atoms with Gasteiger partial charge in [-0.05, 0) is 36.3 Å².